The van der Waals surface area contributed by atoms with E-state index >= 15 is 0 Å². The molecule has 1 atom stereocenters. The van der Waals surface area contributed by atoms with Crippen molar-refractivity contribution in [2.45, 2.75) is 41.9 Å². The summed E-state index contributed by atoms with van der Waals surface area (Å²) in [5.41, 5.74) is 2.75. The molecule has 2 heteroatoms. The third-order valence-electron chi connectivity index (χ3n) is 2.56. The molecule has 0 aliphatic heterocycles. The Bertz CT molecular complexity index is 240. The largest absolute Gasteiger partial charge is 0.298 e. The van der Waals surface area contributed by atoms with Crippen molar-refractivity contribution in [3.63, 3.8) is 0 Å². The third-order valence-corrected chi connectivity index (χ3v) is 4.24. The number of Topliss-reactive ketones (excluding diaryl/α,β-unsaturated/α-hetero) is 1. The lowest BCUT2D eigenvalue weighted by atomic mass is 9.85. The van der Waals surface area contributed by atoms with Crippen LogP contribution in [0.4, 0.5) is 0 Å². The second kappa shape index (κ2) is 4.97. The molecular formula is C11H15IO. The van der Waals surface area contributed by atoms with Gasteiger partial charge in [0.1, 0.15) is 5.78 Å². The molecule has 1 aliphatic rings. The summed E-state index contributed by atoms with van der Waals surface area (Å²) in [6.45, 7) is 3.52. The minimum atomic E-state index is -0.0800. The van der Waals surface area contributed by atoms with Crippen LogP contribution in [0.2, 0.25) is 0 Å². The maximum Gasteiger partial charge on any atom is 0.148 e. The summed E-state index contributed by atoms with van der Waals surface area (Å²) in [5.74, 6) is 0.441. The monoisotopic (exact) mass is 290 g/mol. The van der Waals surface area contributed by atoms with Crippen LogP contribution in [0.5, 0.6) is 0 Å². The molecule has 0 saturated heterocycles. The number of carbonyl (C=O) groups excluding carboxylic acids is 1. The Hall–Kier alpha value is -0.0800. The summed E-state index contributed by atoms with van der Waals surface area (Å²) in [6.07, 6.45) is 7.92. The summed E-state index contributed by atoms with van der Waals surface area (Å²) >= 11 is 2.34. The number of carbonyl (C=O) groups is 1. The summed E-state index contributed by atoms with van der Waals surface area (Å²) in [4.78, 5) is 11.7. The molecule has 0 aromatic carbocycles. The first-order valence-corrected chi connectivity index (χ1v) is 5.83. The van der Waals surface area contributed by atoms with E-state index in [4.69, 9.17) is 0 Å². The molecule has 0 aromatic rings. The van der Waals surface area contributed by atoms with Gasteiger partial charge < -0.3 is 0 Å². The van der Waals surface area contributed by atoms with E-state index < -0.39 is 0 Å². The van der Waals surface area contributed by atoms with E-state index in [-0.39, 0.29) is 3.42 Å². The van der Waals surface area contributed by atoms with Crippen molar-refractivity contribution >= 4 is 28.4 Å². The summed E-state index contributed by atoms with van der Waals surface area (Å²) in [7, 11) is 0. The molecule has 1 rings (SSSR count). The second-order valence-electron chi connectivity index (χ2n) is 3.54. The van der Waals surface area contributed by atoms with Crippen molar-refractivity contribution in [1.29, 1.82) is 0 Å². The van der Waals surface area contributed by atoms with Gasteiger partial charge in [-0.1, -0.05) is 35.6 Å². The van der Waals surface area contributed by atoms with Gasteiger partial charge in [0.05, 0.1) is 3.42 Å². The maximum absolute atomic E-state index is 11.7. The molecule has 1 nitrogen and oxygen atoms in total. The van der Waals surface area contributed by atoms with Crippen molar-refractivity contribution in [3.05, 3.63) is 18.4 Å². The molecule has 1 saturated carbocycles. The Balaban J connectivity index is 2.51. The highest BCUT2D eigenvalue weighted by Crippen LogP contribution is 2.37. The van der Waals surface area contributed by atoms with Crippen LogP contribution in [-0.2, 0) is 4.79 Å². The van der Waals surface area contributed by atoms with Gasteiger partial charge in [-0.3, -0.25) is 4.79 Å². The highest BCUT2D eigenvalue weighted by atomic mass is 127. The molecule has 13 heavy (non-hydrogen) atoms. The van der Waals surface area contributed by atoms with Gasteiger partial charge in [0.25, 0.3) is 0 Å². The maximum atomic E-state index is 11.7. The zero-order valence-corrected chi connectivity index (χ0v) is 9.97. The molecule has 0 amide bonds. The van der Waals surface area contributed by atoms with E-state index in [1.165, 1.54) is 6.42 Å². The average Bonchev–Trinajstić information content (AvgIpc) is 2.11. The van der Waals surface area contributed by atoms with E-state index in [2.05, 4.69) is 34.9 Å². The van der Waals surface area contributed by atoms with E-state index in [1.807, 2.05) is 6.08 Å². The first-order valence-electron chi connectivity index (χ1n) is 4.75. The van der Waals surface area contributed by atoms with Gasteiger partial charge in [0.15, 0.2) is 0 Å². The molecule has 0 bridgehead atoms. The average molecular weight is 290 g/mol. The smallest absolute Gasteiger partial charge is 0.148 e. The number of hydrogen-bond donors (Lipinski definition) is 0. The van der Waals surface area contributed by atoms with Crippen molar-refractivity contribution in [1.82, 2.24) is 0 Å². The fourth-order valence-electron chi connectivity index (χ4n) is 1.72. The Kier molecular flexibility index (Phi) is 4.20. The molecule has 0 aromatic heterocycles. The van der Waals surface area contributed by atoms with Crippen LogP contribution in [0, 0.1) is 0 Å². The van der Waals surface area contributed by atoms with Gasteiger partial charge in [-0.2, -0.15) is 0 Å². The lowest BCUT2D eigenvalue weighted by Crippen LogP contribution is -2.34. The highest BCUT2D eigenvalue weighted by molar-refractivity contribution is 14.1. The van der Waals surface area contributed by atoms with Crippen LogP contribution in [-0.4, -0.2) is 9.20 Å². The number of hydrogen-bond acceptors (Lipinski definition) is 1. The first-order chi connectivity index (χ1) is 6.19. The topological polar surface area (TPSA) is 17.1 Å². The minimum absolute atomic E-state index is 0.0800. The number of rotatable bonds is 3. The molecule has 0 N–H and O–H groups in total. The third kappa shape index (κ3) is 2.96. The van der Waals surface area contributed by atoms with Gasteiger partial charge >= 0.3 is 0 Å². The number of ketones is 1. The van der Waals surface area contributed by atoms with Crippen molar-refractivity contribution in [3.8, 4) is 0 Å². The normalized spacial score (nSPS) is 28.2. The van der Waals surface area contributed by atoms with E-state index in [9.17, 15) is 4.79 Å². The summed E-state index contributed by atoms with van der Waals surface area (Å²) < 4.78 is -0.0800. The first kappa shape index (κ1) is 11.0. The van der Waals surface area contributed by atoms with Crippen molar-refractivity contribution < 1.29 is 4.79 Å². The Labute approximate surface area is 93.4 Å². The van der Waals surface area contributed by atoms with Crippen molar-refractivity contribution in [2.24, 2.45) is 0 Å². The second-order valence-corrected chi connectivity index (χ2v) is 5.61. The van der Waals surface area contributed by atoms with Gasteiger partial charge in [-0.25, -0.2) is 0 Å². The van der Waals surface area contributed by atoms with Crippen LogP contribution >= 0.6 is 22.6 Å². The van der Waals surface area contributed by atoms with Crippen LogP contribution in [0.3, 0.4) is 0 Å². The highest BCUT2D eigenvalue weighted by Gasteiger charge is 2.35. The summed E-state index contributed by atoms with van der Waals surface area (Å²) in [5, 5.41) is 0. The lowest BCUT2D eigenvalue weighted by Gasteiger charge is -2.29. The van der Waals surface area contributed by atoms with E-state index in [1.54, 1.807) is 0 Å². The summed E-state index contributed by atoms with van der Waals surface area (Å²) in [6, 6.07) is 0. The van der Waals surface area contributed by atoms with Crippen LogP contribution in [0.15, 0.2) is 18.4 Å². The Morgan fingerprint density at radius 2 is 2.38 bits per heavy atom. The zero-order chi connectivity index (χ0) is 9.73. The number of halogens is 1. The molecule has 1 unspecified atom stereocenters. The van der Waals surface area contributed by atoms with Crippen molar-refractivity contribution in [2.75, 3.05) is 0 Å². The van der Waals surface area contributed by atoms with Gasteiger partial charge in [-0.15, -0.1) is 5.73 Å². The number of allylic oxidation sites excluding steroid dienone is 1. The molecular weight excluding hydrogens is 275 g/mol. The lowest BCUT2D eigenvalue weighted by molar-refractivity contribution is -0.122. The Morgan fingerprint density at radius 1 is 1.62 bits per heavy atom. The Morgan fingerprint density at radius 3 is 3.00 bits per heavy atom. The fourth-order valence-corrected chi connectivity index (χ4v) is 2.68. The molecule has 1 aliphatic carbocycles. The quantitative estimate of drug-likeness (QED) is 0.442. The molecule has 0 radical (unpaired) electrons. The SMILES string of the molecule is C=C=CCCC1(I)CCCCC1=O. The van der Waals surface area contributed by atoms with Crippen LogP contribution in [0.25, 0.3) is 0 Å². The predicted octanol–water partition coefficient (Wildman–Crippen LogP) is 3.42. The van der Waals surface area contributed by atoms with E-state index in [0.717, 1.165) is 32.1 Å². The van der Waals surface area contributed by atoms with Gasteiger partial charge in [0.2, 0.25) is 0 Å². The molecule has 72 valence electrons. The van der Waals surface area contributed by atoms with Crippen LogP contribution < -0.4 is 0 Å². The minimum Gasteiger partial charge on any atom is -0.298 e. The zero-order valence-electron chi connectivity index (χ0n) is 7.81. The number of alkyl halides is 1. The van der Waals surface area contributed by atoms with E-state index in [0.29, 0.717) is 5.78 Å². The molecule has 1 fully saturated rings. The van der Waals surface area contributed by atoms with Gasteiger partial charge in [0, 0.05) is 6.42 Å². The fraction of sp³-hybridized carbons (Fsp3) is 0.636. The van der Waals surface area contributed by atoms with Crippen LogP contribution in [0.1, 0.15) is 38.5 Å². The van der Waals surface area contributed by atoms with Gasteiger partial charge in [-0.05, 0) is 31.8 Å². The standard InChI is InChI=1S/C11H15IO/c1-2-3-5-8-11(12)9-6-4-7-10(11)13/h3H,1,4-9H2. The predicted molar refractivity (Wildman–Crippen MR) is 63.2 cm³/mol. The molecule has 0 heterocycles. The molecule has 0 spiro atoms.